The van der Waals surface area contributed by atoms with Gasteiger partial charge in [-0.25, -0.2) is 0 Å². The number of amides is 1. The van der Waals surface area contributed by atoms with Gasteiger partial charge >= 0.3 is 0 Å². The van der Waals surface area contributed by atoms with Crippen LogP contribution in [0.25, 0.3) is 0 Å². The van der Waals surface area contributed by atoms with Gasteiger partial charge in [0.1, 0.15) is 5.75 Å². The van der Waals surface area contributed by atoms with Crippen LogP contribution in [-0.2, 0) is 4.79 Å². The molecule has 20 heavy (non-hydrogen) atoms. The van der Waals surface area contributed by atoms with E-state index < -0.39 is 0 Å². The molecule has 1 aromatic carbocycles. The molecular formula is C12H17N5O2S. The van der Waals surface area contributed by atoms with Gasteiger partial charge in [0.2, 0.25) is 5.91 Å². The molecule has 0 unspecified atom stereocenters. The summed E-state index contributed by atoms with van der Waals surface area (Å²) in [5.41, 5.74) is 11.9. The topological polar surface area (TPSA) is 127 Å². The maximum absolute atomic E-state index is 11.8. The Balaban J connectivity index is 2.61. The Labute approximate surface area is 121 Å². The number of carbonyl (C=O) groups is 1. The fourth-order valence-corrected chi connectivity index (χ4v) is 1.90. The van der Waals surface area contributed by atoms with E-state index in [-0.39, 0.29) is 22.8 Å². The van der Waals surface area contributed by atoms with Crippen molar-refractivity contribution in [1.82, 2.24) is 0 Å². The number of nitrogens with two attached hydrogens (primary N) is 2. The van der Waals surface area contributed by atoms with Crippen molar-refractivity contribution in [3.05, 3.63) is 23.8 Å². The van der Waals surface area contributed by atoms with Crippen LogP contribution in [0.5, 0.6) is 5.75 Å². The summed E-state index contributed by atoms with van der Waals surface area (Å²) in [5, 5.41) is 10.0. The van der Waals surface area contributed by atoms with Crippen molar-refractivity contribution in [2.75, 3.05) is 18.2 Å². The predicted molar refractivity (Wildman–Crippen MR) is 82.4 cm³/mol. The minimum atomic E-state index is -0.269. The van der Waals surface area contributed by atoms with Crippen LogP contribution in [0.4, 0.5) is 5.69 Å². The smallest absolute Gasteiger partial charge is 0.234 e. The third kappa shape index (κ3) is 5.19. The molecule has 0 radical (unpaired) electrons. The third-order valence-electron chi connectivity index (χ3n) is 2.20. The van der Waals surface area contributed by atoms with E-state index in [0.717, 1.165) is 17.3 Å². The van der Waals surface area contributed by atoms with Gasteiger partial charge < -0.3 is 21.5 Å². The predicted octanol–water partition coefficient (Wildman–Crippen LogP) is 0.883. The van der Waals surface area contributed by atoms with Crippen molar-refractivity contribution in [3.8, 4) is 5.75 Å². The van der Waals surface area contributed by atoms with Crippen molar-refractivity contribution < 1.29 is 9.53 Å². The van der Waals surface area contributed by atoms with E-state index >= 15 is 0 Å². The van der Waals surface area contributed by atoms with Crippen LogP contribution in [-0.4, -0.2) is 29.9 Å². The molecule has 0 heterocycles. The SMILES string of the molecule is COc1ccc(C)cc1NC(=O)CSC(=N)N=C(N)N. The molecule has 0 bridgehead atoms. The first-order valence-corrected chi connectivity index (χ1v) is 6.66. The summed E-state index contributed by atoms with van der Waals surface area (Å²) in [5.74, 6) is 0.137. The number of carbonyl (C=O) groups excluding carboxylic acids is 1. The molecule has 8 heteroatoms. The number of anilines is 1. The highest BCUT2D eigenvalue weighted by molar-refractivity contribution is 8.14. The van der Waals surface area contributed by atoms with E-state index in [1.165, 1.54) is 7.11 Å². The maximum Gasteiger partial charge on any atom is 0.234 e. The quantitative estimate of drug-likeness (QED) is 0.484. The highest BCUT2D eigenvalue weighted by Gasteiger charge is 2.09. The first-order valence-electron chi connectivity index (χ1n) is 5.68. The molecule has 0 spiro atoms. The van der Waals surface area contributed by atoms with Crippen molar-refractivity contribution in [2.24, 2.45) is 16.5 Å². The van der Waals surface area contributed by atoms with Crippen molar-refractivity contribution in [1.29, 1.82) is 5.41 Å². The zero-order chi connectivity index (χ0) is 15.1. The van der Waals surface area contributed by atoms with E-state index in [4.69, 9.17) is 21.6 Å². The van der Waals surface area contributed by atoms with Crippen molar-refractivity contribution in [3.63, 3.8) is 0 Å². The number of amidine groups is 1. The molecule has 108 valence electrons. The number of hydrogen-bond acceptors (Lipinski definition) is 4. The number of aryl methyl sites for hydroxylation is 1. The second-order valence-electron chi connectivity index (χ2n) is 3.88. The van der Waals surface area contributed by atoms with Gasteiger partial charge in [-0.2, -0.15) is 4.99 Å². The van der Waals surface area contributed by atoms with E-state index in [2.05, 4.69) is 10.3 Å². The molecule has 1 aromatic rings. The van der Waals surface area contributed by atoms with Gasteiger partial charge in [-0.05, 0) is 24.6 Å². The average molecular weight is 295 g/mol. The van der Waals surface area contributed by atoms with Gasteiger partial charge in [0.15, 0.2) is 11.1 Å². The Hall–Kier alpha value is -2.22. The first-order chi connectivity index (χ1) is 9.42. The molecule has 0 aliphatic carbocycles. The summed E-state index contributed by atoms with van der Waals surface area (Å²) in [4.78, 5) is 15.3. The molecule has 6 N–H and O–H groups in total. The monoisotopic (exact) mass is 295 g/mol. The van der Waals surface area contributed by atoms with E-state index in [0.29, 0.717) is 11.4 Å². The lowest BCUT2D eigenvalue weighted by Gasteiger charge is -2.10. The summed E-state index contributed by atoms with van der Waals surface area (Å²) in [6.45, 7) is 1.91. The first kappa shape index (κ1) is 15.8. The van der Waals surface area contributed by atoms with Gasteiger partial charge in [-0.1, -0.05) is 17.8 Å². The van der Waals surface area contributed by atoms with E-state index in [1.807, 2.05) is 19.1 Å². The van der Waals surface area contributed by atoms with Crippen LogP contribution in [0.2, 0.25) is 0 Å². The molecule has 0 atom stereocenters. The lowest BCUT2D eigenvalue weighted by molar-refractivity contribution is -0.113. The molecule has 0 aliphatic rings. The fraction of sp³-hybridized carbons (Fsp3) is 0.250. The largest absolute Gasteiger partial charge is 0.495 e. The third-order valence-corrected chi connectivity index (χ3v) is 2.97. The van der Waals surface area contributed by atoms with Crippen LogP contribution in [0.1, 0.15) is 5.56 Å². The number of rotatable bonds is 4. The van der Waals surface area contributed by atoms with Gasteiger partial charge in [0.25, 0.3) is 0 Å². The lowest BCUT2D eigenvalue weighted by Crippen LogP contribution is -2.24. The molecule has 0 aliphatic heterocycles. The standard InChI is InChI=1S/C12H17N5O2S/c1-7-3-4-9(19-2)8(5-7)16-10(18)6-20-12(15)17-11(13)14/h3-5H,6H2,1-2H3,(H,16,18)(H5,13,14,15,17). The van der Waals surface area contributed by atoms with E-state index in [1.54, 1.807) is 6.07 Å². The zero-order valence-corrected chi connectivity index (χ0v) is 12.1. The number of nitrogens with zero attached hydrogens (tertiary/aromatic N) is 1. The zero-order valence-electron chi connectivity index (χ0n) is 11.3. The summed E-state index contributed by atoms with van der Waals surface area (Å²) in [6.07, 6.45) is 0. The number of aliphatic imine (C=N–C) groups is 1. The Morgan fingerprint density at radius 1 is 1.50 bits per heavy atom. The summed E-state index contributed by atoms with van der Waals surface area (Å²) >= 11 is 0.933. The average Bonchev–Trinajstić information content (AvgIpc) is 2.36. The number of guanidine groups is 1. The Morgan fingerprint density at radius 2 is 2.20 bits per heavy atom. The van der Waals surface area contributed by atoms with Crippen LogP contribution in [0.15, 0.2) is 23.2 Å². The summed E-state index contributed by atoms with van der Waals surface area (Å²) in [6, 6.07) is 5.47. The Morgan fingerprint density at radius 3 is 2.80 bits per heavy atom. The van der Waals surface area contributed by atoms with Gasteiger partial charge in [0, 0.05) is 0 Å². The van der Waals surface area contributed by atoms with Crippen LogP contribution >= 0.6 is 11.8 Å². The molecule has 1 amide bonds. The molecule has 0 aromatic heterocycles. The molecular weight excluding hydrogens is 278 g/mol. The number of thioether (sulfide) groups is 1. The van der Waals surface area contributed by atoms with Gasteiger partial charge in [-0.3, -0.25) is 10.2 Å². The van der Waals surface area contributed by atoms with Crippen molar-refractivity contribution >= 4 is 34.5 Å². The van der Waals surface area contributed by atoms with Crippen LogP contribution in [0, 0.1) is 12.3 Å². The fourth-order valence-electron chi connectivity index (χ4n) is 1.39. The number of benzene rings is 1. The van der Waals surface area contributed by atoms with Gasteiger partial charge in [-0.15, -0.1) is 0 Å². The van der Waals surface area contributed by atoms with Gasteiger partial charge in [0.05, 0.1) is 18.6 Å². The molecule has 1 rings (SSSR count). The van der Waals surface area contributed by atoms with Crippen molar-refractivity contribution in [2.45, 2.75) is 6.92 Å². The minimum absolute atomic E-state index is 0.0344. The highest BCUT2D eigenvalue weighted by Crippen LogP contribution is 2.25. The van der Waals surface area contributed by atoms with E-state index in [9.17, 15) is 4.79 Å². The normalized spacial score (nSPS) is 9.70. The summed E-state index contributed by atoms with van der Waals surface area (Å²) < 4.78 is 5.16. The Bertz CT molecular complexity index is 541. The molecule has 7 nitrogen and oxygen atoms in total. The lowest BCUT2D eigenvalue weighted by atomic mass is 10.2. The van der Waals surface area contributed by atoms with Crippen LogP contribution in [0.3, 0.4) is 0 Å². The maximum atomic E-state index is 11.8. The molecule has 0 saturated carbocycles. The minimum Gasteiger partial charge on any atom is -0.495 e. The second-order valence-corrected chi connectivity index (χ2v) is 4.85. The highest BCUT2D eigenvalue weighted by atomic mass is 32.2. The molecule has 0 fully saturated rings. The number of methoxy groups -OCH3 is 1. The molecule has 0 saturated heterocycles. The summed E-state index contributed by atoms with van der Waals surface area (Å²) in [7, 11) is 1.53. The number of hydrogen-bond donors (Lipinski definition) is 4. The number of nitrogens with one attached hydrogen (secondary N) is 2. The Kier molecular flexibility index (Phi) is 5.85. The number of ether oxygens (including phenoxy) is 1. The van der Waals surface area contributed by atoms with Crippen LogP contribution < -0.4 is 21.5 Å². The second kappa shape index (κ2) is 7.39.